The number of carbonyl (C=O) groups is 2. The molecule has 1 atom stereocenters. The number of aliphatic carboxylic acids is 1. The standard InChI is InChI=1S/C24H25Cl2NO3S/c1-15(2)18-7-3-4-8-19(18)31-20-11-9-16(22(25)23(20)26)10-12-21(28)27-13-5-6-17(14-27)24(29)30/h3-4,7-12,15,17H,5-6,13-14H2,1-2H3,(H,29,30). The van der Waals surface area contributed by atoms with Gasteiger partial charge in [-0.05, 0) is 48.1 Å². The fourth-order valence-electron chi connectivity index (χ4n) is 3.57. The lowest BCUT2D eigenvalue weighted by molar-refractivity contribution is -0.144. The highest BCUT2D eigenvalue weighted by molar-refractivity contribution is 7.99. The number of amides is 1. The molecule has 1 heterocycles. The van der Waals surface area contributed by atoms with E-state index in [2.05, 4.69) is 26.0 Å². The number of hydrogen-bond donors (Lipinski definition) is 1. The number of nitrogens with zero attached hydrogens (tertiary/aromatic N) is 1. The average Bonchev–Trinajstić information content (AvgIpc) is 2.76. The molecule has 1 aliphatic rings. The minimum absolute atomic E-state index is 0.220. The maximum atomic E-state index is 12.5. The third kappa shape index (κ3) is 5.85. The Morgan fingerprint density at radius 3 is 2.58 bits per heavy atom. The summed E-state index contributed by atoms with van der Waals surface area (Å²) in [4.78, 5) is 27.3. The number of carbonyl (C=O) groups excluding carboxylic acids is 1. The first kappa shape index (κ1) is 23.7. The predicted octanol–water partition coefficient (Wildman–Crippen LogP) is 6.60. The van der Waals surface area contributed by atoms with Crippen LogP contribution < -0.4 is 0 Å². The van der Waals surface area contributed by atoms with Crippen molar-refractivity contribution in [2.75, 3.05) is 13.1 Å². The minimum atomic E-state index is -0.858. The number of hydrogen-bond acceptors (Lipinski definition) is 3. The summed E-state index contributed by atoms with van der Waals surface area (Å²) in [6.07, 6.45) is 4.36. The average molecular weight is 478 g/mol. The van der Waals surface area contributed by atoms with Crippen LogP contribution in [0.4, 0.5) is 0 Å². The summed E-state index contributed by atoms with van der Waals surface area (Å²) in [6, 6.07) is 12.0. The van der Waals surface area contributed by atoms with Crippen molar-refractivity contribution in [1.29, 1.82) is 0 Å². The highest BCUT2D eigenvalue weighted by atomic mass is 35.5. The summed E-state index contributed by atoms with van der Waals surface area (Å²) in [6.45, 7) is 5.10. The minimum Gasteiger partial charge on any atom is -0.481 e. The molecular weight excluding hydrogens is 453 g/mol. The van der Waals surface area contributed by atoms with Crippen LogP contribution in [0.1, 0.15) is 43.7 Å². The number of piperidine rings is 1. The summed E-state index contributed by atoms with van der Waals surface area (Å²) in [5.74, 6) is -1.19. The maximum absolute atomic E-state index is 12.5. The molecule has 1 fully saturated rings. The number of carboxylic acid groups (broad SMARTS) is 1. The SMILES string of the molecule is CC(C)c1ccccc1Sc1ccc(C=CC(=O)N2CCCC(C(=O)O)C2)c(Cl)c1Cl. The molecule has 1 unspecified atom stereocenters. The quantitative estimate of drug-likeness (QED) is 0.475. The smallest absolute Gasteiger partial charge is 0.308 e. The molecule has 1 amide bonds. The second-order valence-corrected chi connectivity index (χ2v) is 9.71. The van der Waals surface area contributed by atoms with Gasteiger partial charge in [0.2, 0.25) is 5.91 Å². The molecule has 2 aromatic carbocycles. The van der Waals surface area contributed by atoms with Crippen LogP contribution in [0.2, 0.25) is 10.0 Å². The monoisotopic (exact) mass is 477 g/mol. The lowest BCUT2D eigenvalue weighted by atomic mass is 9.98. The van der Waals surface area contributed by atoms with Crippen molar-refractivity contribution >= 4 is 52.9 Å². The molecule has 1 saturated heterocycles. The van der Waals surface area contributed by atoms with Crippen LogP contribution in [0, 0.1) is 5.92 Å². The number of halogens is 2. The van der Waals surface area contributed by atoms with E-state index in [0.717, 1.165) is 9.79 Å². The topological polar surface area (TPSA) is 57.6 Å². The zero-order chi connectivity index (χ0) is 22.5. The lowest BCUT2D eigenvalue weighted by Crippen LogP contribution is -2.41. The zero-order valence-electron chi connectivity index (χ0n) is 17.5. The van der Waals surface area contributed by atoms with Crippen molar-refractivity contribution < 1.29 is 14.7 Å². The van der Waals surface area contributed by atoms with Gasteiger partial charge in [-0.2, -0.15) is 0 Å². The molecule has 0 spiro atoms. The largest absolute Gasteiger partial charge is 0.481 e. The Labute approximate surface area is 197 Å². The van der Waals surface area contributed by atoms with Gasteiger partial charge in [0, 0.05) is 29.0 Å². The molecule has 3 rings (SSSR count). The van der Waals surface area contributed by atoms with E-state index in [1.165, 1.54) is 11.6 Å². The van der Waals surface area contributed by atoms with Gasteiger partial charge in [0.25, 0.3) is 0 Å². The molecule has 0 aliphatic carbocycles. The van der Waals surface area contributed by atoms with E-state index in [-0.39, 0.29) is 12.5 Å². The normalized spacial score (nSPS) is 16.8. The van der Waals surface area contributed by atoms with E-state index in [9.17, 15) is 14.7 Å². The van der Waals surface area contributed by atoms with Crippen molar-refractivity contribution in [1.82, 2.24) is 4.90 Å². The summed E-state index contributed by atoms with van der Waals surface area (Å²) < 4.78 is 0. The molecule has 31 heavy (non-hydrogen) atoms. The number of carboxylic acids is 1. The lowest BCUT2D eigenvalue weighted by Gasteiger charge is -2.29. The van der Waals surface area contributed by atoms with Gasteiger partial charge in [-0.3, -0.25) is 9.59 Å². The first-order chi connectivity index (χ1) is 14.8. The first-order valence-corrected chi connectivity index (χ1v) is 11.8. The Morgan fingerprint density at radius 2 is 1.87 bits per heavy atom. The van der Waals surface area contributed by atoms with Gasteiger partial charge in [0.05, 0.1) is 16.0 Å². The number of rotatable bonds is 6. The third-order valence-electron chi connectivity index (χ3n) is 5.33. The van der Waals surface area contributed by atoms with E-state index < -0.39 is 11.9 Å². The number of likely N-dealkylation sites (tertiary alicyclic amines) is 1. The van der Waals surface area contributed by atoms with Gasteiger partial charge in [-0.15, -0.1) is 0 Å². The van der Waals surface area contributed by atoms with Crippen molar-refractivity contribution in [2.24, 2.45) is 5.92 Å². The highest BCUT2D eigenvalue weighted by Gasteiger charge is 2.27. The predicted molar refractivity (Wildman–Crippen MR) is 127 cm³/mol. The summed E-state index contributed by atoms with van der Waals surface area (Å²) in [5, 5.41) is 10.0. The zero-order valence-corrected chi connectivity index (χ0v) is 19.8. The van der Waals surface area contributed by atoms with E-state index in [1.807, 2.05) is 24.3 Å². The second-order valence-electron chi connectivity index (χ2n) is 7.87. The summed E-state index contributed by atoms with van der Waals surface area (Å²) in [5.41, 5.74) is 1.89. The van der Waals surface area contributed by atoms with Crippen LogP contribution in [0.5, 0.6) is 0 Å². The molecule has 0 radical (unpaired) electrons. The number of benzene rings is 2. The van der Waals surface area contributed by atoms with Gasteiger partial charge in [0.15, 0.2) is 0 Å². The molecular formula is C24H25Cl2NO3S. The fourth-order valence-corrected chi connectivity index (χ4v) is 5.27. The van der Waals surface area contributed by atoms with Crippen LogP contribution in [0.15, 0.2) is 52.3 Å². The molecule has 1 N–H and O–H groups in total. The summed E-state index contributed by atoms with van der Waals surface area (Å²) >= 11 is 14.6. The third-order valence-corrected chi connectivity index (χ3v) is 7.49. The van der Waals surface area contributed by atoms with Crippen molar-refractivity contribution in [3.8, 4) is 0 Å². The van der Waals surface area contributed by atoms with E-state index in [1.54, 1.807) is 22.7 Å². The van der Waals surface area contributed by atoms with Crippen LogP contribution in [0.3, 0.4) is 0 Å². The molecule has 7 heteroatoms. The molecule has 164 valence electrons. The van der Waals surface area contributed by atoms with Crippen molar-refractivity contribution in [3.05, 3.63) is 63.6 Å². The Kier molecular flexibility index (Phi) is 8.09. The van der Waals surface area contributed by atoms with E-state index in [4.69, 9.17) is 23.2 Å². The highest BCUT2D eigenvalue weighted by Crippen LogP contribution is 2.41. The van der Waals surface area contributed by atoms with Crippen LogP contribution in [-0.4, -0.2) is 35.0 Å². The molecule has 4 nitrogen and oxygen atoms in total. The van der Waals surface area contributed by atoms with Gasteiger partial charge < -0.3 is 10.0 Å². The summed E-state index contributed by atoms with van der Waals surface area (Å²) in [7, 11) is 0. The van der Waals surface area contributed by atoms with Gasteiger partial charge in [-0.1, -0.05) is 73.1 Å². The Hall–Kier alpha value is -1.95. The fraction of sp³-hybridized carbons (Fsp3) is 0.333. The molecule has 0 bridgehead atoms. The maximum Gasteiger partial charge on any atom is 0.308 e. The Morgan fingerprint density at radius 1 is 1.13 bits per heavy atom. The Balaban J connectivity index is 1.75. The molecule has 0 saturated carbocycles. The first-order valence-electron chi connectivity index (χ1n) is 10.2. The molecule has 1 aliphatic heterocycles. The van der Waals surface area contributed by atoms with Crippen LogP contribution in [-0.2, 0) is 9.59 Å². The van der Waals surface area contributed by atoms with E-state index in [0.29, 0.717) is 40.9 Å². The van der Waals surface area contributed by atoms with Crippen molar-refractivity contribution in [2.45, 2.75) is 42.4 Å². The second kappa shape index (κ2) is 10.6. The van der Waals surface area contributed by atoms with E-state index >= 15 is 0 Å². The van der Waals surface area contributed by atoms with Crippen LogP contribution >= 0.6 is 35.0 Å². The van der Waals surface area contributed by atoms with Crippen molar-refractivity contribution in [3.63, 3.8) is 0 Å². The molecule has 2 aromatic rings. The van der Waals surface area contributed by atoms with Gasteiger partial charge in [0.1, 0.15) is 0 Å². The van der Waals surface area contributed by atoms with Crippen LogP contribution in [0.25, 0.3) is 6.08 Å². The molecule has 0 aromatic heterocycles. The van der Waals surface area contributed by atoms with Gasteiger partial charge >= 0.3 is 5.97 Å². The Bertz CT molecular complexity index is 1010. The van der Waals surface area contributed by atoms with Gasteiger partial charge in [-0.25, -0.2) is 0 Å².